The molecule has 0 aliphatic carbocycles. The van der Waals surface area contributed by atoms with Gasteiger partial charge in [0.15, 0.2) is 0 Å². The van der Waals surface area contributed by atoms with Crippen LogP contribution in [0.2, 0.25) is 0 Å². The molecular formula is C17H16N. The molecule has 0 saturated heterocycles. The summed E-state index contributed by atoms with van der Waals surface area (Å²) in [5.74, 6) is 0. The van der Waals surface area contributed by atoms with E-state index in [9.17, 15) is 0 Å². The van der Waals surface area contributed by atoms with Crippen molar-refractivity contribution in [3.63, 3.8) is 0 Å². The van der Waals surface area contributed by atoms with Crippen molar-refractivity contribution in [1.29, 1.82) is 0 Å². The maximum absolute atomic E-state index is 3.50. The van der Waals surface area contributed by atoms with E-state index in [4.69, 9.17) is 0 Å². The normalized spacial score (nSPS) is 10.9. The van der Waals surface area contributed by atoms with Crippen LogP contribution in [-0.4, -0.2) is 4.57 Å². The van der Waals surface area contributed by atoms with Gasteiger partial charge in [0.25, 0.3) is 0 Å². The summed E-state index contributed by atoms with van der Waals surface area (Å²) in [5, 5.41) is 1.21. The lowest BCUT2D eigenvalue weighted by atomic mass is 10.2. The molecular weight excluding hydrogens is 218 g/mol. The Balaban J connectivity index is 2.10. The van der Waals surface area contributed by atoms with Crippen LogP contribution in [0.25, 0.3) is 10.9 Å². The van der Waals surface area contributed by atoms with Gasteiger partial charge in [-0.05, 0) is 18.1 Å². The van der Waals surface area contributed by atoms with Gasteiger partial charge < -0.3 is 4.57 Å². The van der Waals surface area contributed by atoms with Crippen LogP contribution in [0.3, 0.4) is 0 Å². The van der Waals surface area contributed by atoms with Gasteiger partial charge in [-0.15, -0.1) is 0 Å². The molecule has 0 saturated carbocycles. The zero-order valence-corrected chi connectivity index (χ0v) is 10.6. The highest BCUT2D eigenvalue weighted by Crippen LogP contribution is 2.20. The van der Waals surface area contributed by atoms with E-state index in [1.54, 1.807) is 0 Å². The van der Waals surface area contributed by atoms with E-state index in [2.05, 4.69) is 72.2 Å². The number of aromatic nitrogens is 1. The fourth-order valence-corrected chi connectivity index (χ4v) is 2.41. The predicted octanol–water partition coefficient (Wildman–Crippen LogP) is 4.05. The van der Waals surface area contributed by atoms with Crippen molar-refractivity contribution in [2.75, 3.05) is 0 Å². The molecule has 18 heavy (non-hydrogen) atoms. The summed E-state index contributed by atoms with van der Waals surface area (Å²) in [6, 6.07) is 22.6. The summed E-state index contributed by atoms with van der Waals surface area (Å²) >= 11 is 0. The van der Waals surface area contributed by atoms with Crippen molar-refractivity contribution in [2.45, 2.75) is 19.9 Å². The number of benzene rings is 2. The van der Waals surface area contributed by atoms with Gasteiger partial charge in [-0.1, -0.05) is 55.5 Å². The Morgan fingerprint density at radius 1 is 0.944 bits per heavy atom. The van der Waals surface area contributed by atoms with Crippen molar-refractivity contribution in [3.05, 3.63) is 71.9 Å². The van der Waals surface area contributed by atoms with E-state index in [-0.39, 0.29) is 0 Å². The fourth-order valence-electron chi connectivity index (χ4n) is 2.41. The number of nitrogens with zero attached hydrogens (tertiary/aromatic N) is 1. The zero-order valence-electron chi connectivity index (χ0n) is 10.6. The molecule has 0 fully saturated rings. The van der Waals surface area contributed by atoms with Crippen LogP contribution >= 0.6 is 0 Å². The molecule has 0 N–H and O–H groups in total. The standard InChI is InChI=1S/C17H16N/c1-2-16-12-15-10-6-7-11-17(15)18(16)13-14-8-4-3-5-9-14/h3-11H,2,13H2,1H3. The molecule has 0 unspecified atom stereocenters. The van der Waals surface area contributed by atoms with Crippen LogP contribution in [0.15, 0.2) is 54.6 Å². The van der Waals surface area contributed by atoms with Gasteiger partial charge in [0, 0.05) is 29.2 Å². The average molecular weight is 234 g/mol. The van der Waals surface area contributed by atoms with Gasteiger partial charge in [-0.2, -0.15) is 0 Å². The summed E-state index contributed by atoms with van der Waals surface area (Å²) in [6.45, 7) is 3.11. The summed E-state index contributed by atoms with van der Waals surface area (Å²) in [6.07, 6.45) is 1.02. The van der Waals surface area contributed by atoms with E-state index in [0.717, 1.165) is 13.0 Å². The molecule has 3 aromatic rings. The summed E-state index contributed by atoms with van der Waals surface area (Å²) in [5.41, 5.74) is 3.89. The van der Waals surface area contributed by atoms with E-state index >= 15 is 0 Å². The Hall–Kier alpha value is -2.02. The second-order valence-electron chi connectivity index (χ2n) is 4.51. The van der Waals surface area contributed by atoms with E-state index < -0.39 is 0 Å². The second kappa shape index (κ2) is 4.69. The lowest BCUT2D eigenvalue weighted by Crippen LogP contribution is -2.03. The highest BCUT2D eigenvalue weighted by molar-refractivity contribution is 5.80. The second-order valence-corrected chi connectivity index (χ2v) is 4.51. The highest BCUT2D eigenvalue weighted by Gasteiger charge is 2.07. The lowest BCUT2D eigenvalue weighted by Gasteiger charge is -2.09. The van der Waals surface area contributed by atoms with Crippen molar-refractivity contribution < 1.29 is 0 Å². The minimum absolute atomic E-state index is 0.925. The molecule has 1 nitrogen and oxygen atoms in total. The molecule has 1 radical (unpaired) electrons. The topological polar surface area (TPSA) is 4.93 Å². The van der Waals surface area contributed by atoms with Gasteiger partial charge in [0.05, 0.1) is 0 Å². The number of aryl methyl sites for hydroxylation is 1. The molecule has 0 atom stereocenters. The lowest BCUT2D eigenvalue weighted by molar-refractivity contribution is 0.775. The van der Waals surface area contributed by atoms with Crippen molar-refractivity contribution in [2.24, 2.45) is 0 Å². The molecule has 0 spiro atoms. The average Bonchev–Trinajstić information content (AvgIpc) is 2.78. The third kappa shape index (κ3) is 1.92. The van der Waals surface area contributed by atoms with Crippen molar-refractivity contribution in [1.82, 2.24) is 4.57 Å². The first-order valence-electron chi connectivity index (χ1n) is 6.42. The smallest absolute Gasteiger partial charge is 0.0492 e. The van der Waals surface area contributed by atoms with Gasteiger partial charge in [0.1, 0.15) is 0 Å². The monoisotopic (exact) mass is 234 g/mol. The van der Waals surface area contributed by atoms with Gasteiger partial charge in [-0.25, -0.2) is 0 Å². The minimum atomic E-state index is 0.925. The van der Waals surface area contributed by atoms with Crippen LogP contribution in [-0.2, 0) is 13.0 Å². The van der Waals surface area contributed by atoms with Crippen LogP contribution < -0.4 is 0 Å². The molecule has 89 valence electrons. The van der Waals surface area contributed by atoms with Crippen LogP contribution in [0, 0.1) is 6.07 Å². The van der Waals surface area contributed by atoms with Crippen molar-refractivity contribution >= 4 is 10.9 Å². The zero-order chi connectivity index (χ0) is 12.4. The number of rotatable bonds is 3. The fraction of sp³-hybridized carbons (Fsp3) is 0.176. The highest BCUT2D eigenvalue weighted by atomic mass is 15.0. The molecule has 1 heteroatoms. The Morgan fingerprint density at radius 2 is 1.67 bits per heavy atom. The molecule has 0 aliphatic heterocycles. The summed E-state index contributed by atoms with van der Waals surface area (Å²) < 4.78 is 2.37. The quantitative estimate of drug-likeness (QED) is 0.644. The number of hydrogen-bond acceptors (Lipinski definition) is 0. The minimum Gasteiger partial charge on any atom is -0.340 e. The Labute approximate surface area is 108 Å². The Morgan fingerprint density at radius 3 is 2.44 bits per heavy atom. The maximum Gasteiger partial charge on any atom is 0.0492 e. The van der Waals surface area contributed by atoms with Gasteiger partial charge in [0.2, 0.25) is 0 Å². The molecule has 1 aromatic heterocycles. The number of hydrogen-bond donors (Lipinski definition) is 0. The molecule has 3 rings (SSSR count). The largest absolute Gasteiger partial charge is 0.340 e. The Kier molecular flexibility index (Phi) is 2.89. The molecule has 2 aromatic carbocycles. The first-order valence-corrected chi connectivity index (χ1v) is 6.42. The van der Waals surface area contributed by atoms with Crippen LogP contribution in [0.4, 0.5) is 0 Å². The van der Waals surface area contributed by atoms with Crippen molar-refractivity contribution in [3.8, 4) is 0 Å². The molecule has 0 aliphatic rings. The SMILES string of the molecule is CCc1[c]c2ccccc2n1Cc1ccccc1. The first kappa shape index (κ1) is 11.1. The predicted molar refractivity (Wildman–Crippen MR) is 75.7 cm³/mol. The molecule has 0 bridgehead atoms. The maximum atomic E-state index is 3.50. The van der Waals surface area contributed by atoms with Gasteiger partial charge in [-0.3, -0.25) is 0 Å². The van der Waals surface area contributed by atoms with Crippen LogP contribution in [0.5, 0.6) is 0 Å². The summed E-state index contributed by atoms with van der Waals surface area (Å²) in [7, 11) is 0. The molecule has 0 amide bonds. The number of fused-ring (bicyclic) bond motifs is 1. The summed E-state index contributed by atoms with van der Waals surface area (Å²) in [4.78, 5) is 0. The van der Waals surface area contributed by atoms with E-state index in [0.29, 0.717) is 0 Å². The van der Waals surface area contributed by atoms with E-state index in [1.807, 2.05) is 0 Å². The molecule has 1 heterocycles. The van der Waals surface area contributed by atoms with Gasteiger partial charge >= 0.3 is 0 Å². The third-order valence-electron chi connectivity index (χ3n) is 3.32. The third-order valence-corrected chi connectivity index (χ3v) is 3.32. The van der Waals surface area contributed by atoms with Crippen LogP contribution in [0.1, 0.15) is 18.2 Å². The Bertz CT molecular complexity index is 650. The first-order chi connectivity index (χ1) is 8.88. The van der Waals surface area contributed by atoms with E-state index in [1.165, 1.54) is 22.2 Å². The number of para-hydroxylation sites is 1.